The van der Waals surface area contributed by atoms with Crippen LogP contribution in [0.2, 0.25) is 0 Å². The Kier molecular flexibility index (Phi) is 5.81. The number of rotatable bonds is 5. The molecule has 3 heteroatoms. The summed E-state index contributed by atoms with van der Waals surface area (Å²) in [4.78, 5) is 11.3. The summed E-state index contributed by atoms with van der Waals surface area (Å²) in [5.41, 5.74) is 1.72. The van der Waals surface area contributed by atoms with Crippen LogP contribution in [0.25, 0.3) is 6.08 Å². The van der Waals surface area contributed by atoms with E-state index in [1.807, 2.05) is 12.1 Å². The molecule has 108 valence electrons. The van der Waals surface area contributed by atoms with Gasteiger partial charge in [-0.3, -0.25) is 0 Å². The molecule has 0 saturated carbocycles. The summed E-state index contributed by atoms with van der Waals surface area (Å²) in [5, 5.41) is 3.39. The highest BCUT2D eigenvalue weighted by molar-refractivity contribution is 5.89. The third kappa shape index (κ3) is 4.49. The Morgan fingerprint density at radius 1 is 1.30 bits per heavy atom. The van der Waals surface area contributed by atoms with Gasteiger partial charge in [0, 0.05) is 0 Å². The summed E-state index contributed by atoms with van der Waals surface area (Å²) >= 11 is 0. The molecule has 1 aliphatic rings. The SMILES string of the molecule is COC(=O)c1ccc(/C=C/CCC2CCNCC2)cc1. The second kappa shape index (κ2) is 7.85. The van der Waals surface area contributed by atoms with Crippen LogP contribution in [0.4, 0.5) is 0 Å². The fraction of sp³-hybridized carbons (Fsp3) is 0.471. The van der Waals surface area contributed by atoms with Crippen molar-refractivity contribution >= 4 is 12.0 Å². The van der Waals surface area contributed by atoms with E-state index in [0.717, 1.165) is 17.9 Å². The zero-order valence-electron chi connectivity index (χ0n) is 12.1. The average molecular weight is 273 g/mol. The molecule has 1 aliphatic heterocycles. The van der Waals surface area contributed by atoms with Crippen molar-refractivity contribution in [3.63, 3.8) is 0 Å². The second-order valence-corrected chi connectivity index (χ2v) is 5.29. The Hall–Kier alpha value is -1.61. The van der Waals surface area contributed by atoms with Gasteiger partial charge in [0.05, 0.1) is 12.7 Å². The smallest absolute Gasteiger partial charge is 0.337 e. The highest BCUT2D eigenvalue weighted by atomic mass is 16.5. The molecule has 1 aromatic rings. The van der Waals surface area contributed by atoms with Gasteiger partial charge in [-0.1, -0.05) is 24.3 Å². The molecule has 0 amide bonds. The standard InChI is InChI=1S/C17H23NO2/c1-20-17(19)16-8-6-14(7-9-16)4-2-3-5-15-10-12-18-13-11-15/h2,4,6-9,15,18H,3,5,10-13H2,1H3/b4-2+. The van der Waals surface area contributed by atoms with Crippen LogP contribution >= 0.6 is 0 Å². The van der Waals surface area contributed by atoms with E-state index in [1.54, 1.807) is 12.1 Å². The van der Waals surface area contributed by atoms with Crippen LogP contribution in [0.15, 0.2) is 30.3 Å². The number of hydrogen-bond acceptors (Lipinski definition) is 3. The van der Waals surface area contributed by atoms with Crippen molar-refractivity contribution in [1.82, 2.24) is 5.32 Å². The Bertz CT molecular complexity index is 445. The van der Waals surface area contributed by atoms with Gasteiger partial charge < -0.3 is 10.1 Å². The average Bonchev–Trinajstić information content (AvgIpc) is 2.52. The lowest BCUT2D eigenvalue weighted by molar-refractivity contribution is 0.0601. The van der Waals surface area contributed by atoms with Crippen molar-refractivity contribution in [2.45, 2.75) is 25.7 Å². The normalized spacial score (nSPS) is 16.4. The Morgan fingerprint density at radius 2 is 2.00 bits per heavy atom. The molecule has 2 rings (SSSR count). The van der Waals surface area contributed by atoms with Crippen LogP contribution in [0, 0.1) is 5.92 Å². The van der Waals surface area contributed by atoms with Gasteiger partial charge in [-0.2, -0.15) is 0 Å². The maximum atomic E-state index is 11.3. The zero-order chi connectivity index (χ0) is 14.2. The first kappa shape index (κ1) is 14.8. The zero-order valence-corrected chi connectivity index (χ0v) is 12.1. The molecular weight excluding hydrogens is 250 g/mol. The quantitative estimate of drug-likeness (QED) is 0.837. The van der Waals surface area contributed by atoms with Crippen LogP contribution in [0.5, 0.6) is 0 Å². The molecule has 0 spiro atoms. The highest BCUT2D eigenvalue weighted by Gasteiger charge is 2.11. The lowest BCUT2D eigenvalue weighted by Crippen LogP contribution is -2.27. The number of allylic oxidation sites excluding steroid dienone is 1. The van der Waals surface area contributed by atoms with E-state index >= 15 is 0 Å². The number of carbonyl (C=O) groups excluding carboxylic acids is 1. The lowest BCUT2D eigenvalue weighted by Gasteiger charge is -2.21. The highest BCUT2D eigenvalue weighted by Crippen LogP contribution is 2.18. The van der Waals surface area contributed by atoms with Crippen molar-refractivity contribution in [1.29, 1.82) is 0 Å². The minimum absolute atomic E-state index is 0.286. The molecule has 0 bridgehead atoms. The number of hydrogen-bond donors (Lipinski definition) is 1. The molecule has 0 unspecified atom stereocenters. The van der Waals surface area contributed by atoms with Crippen LogP contribution in [-0.4, -0.2) is 26.2 Å². The number of nitrogens with one attached hydrogen (secondary N) is 1. The van der Waals surface area contributed by atoms with Gasteiger partial charge in [0.2, 0.25) is 0 Å². The monoisotopic (exact) mass is 273 g/mol. The third-order valence-corrected chi connectivity index (χ3v) is 3.84. The van der Waals surface area contributed by atoms with Gasteiger partial charge in [-0.15, -0.1) is 0 Å². The van der Waals surface area contributed by atoms with Crippen molar-refractivity contribution in [2.75, 3.05) is 20.2 Å². The number of esters is 1. The first-order valence-electron chi connectivity index (χ1n) is 7.35. The predicted molar refractivity (Wildman–Crippen MR) is 81.6 cm³/mol. The third-order valence-electron chi connectivity index (χ3n) is 3.84. The van der Waals surface area contributed by atoms with Gasteiger partial charge in [0.25, 0.3) is 0 Å². The van der Waals surface area contributed by atoms with Gasteiger partial charge in [0.15, 0.2) is 0 Å². The summed E-state index contributed by atoms with van der Waals surface area (Å²) in [6.07, 6.45) is 9.38. The largest absolute Gasteiger partial charge is 0.465 e. The number of methoxy groups -OCH3 is 1. The Balaban J connectivity index is 1.77. The molecule has 0 atom stereocenters. The van der Waals surface area contributed by atoms with E-state index in [-0.39, 0.29) is 5.97 Å². The van der Waals surface area contributed by atoms with E-state index in [2.05, 4.69) is 22.2 Å². The van der Waals surface area contributed by atoms with Crippen LogP contribution in [0.3, 0.4) is 0 Å². The van der Waals surface area contributed by atoms with Gasteiger partial charge >= 0.3 is 5.97 Å². The maximum Gasteiger partial charge on any atom is 0.337 e. The Labute approximate surface area is 121 Å². The van der Waals surface area contributed by atoms with Gasteiger partial charge in [0.1, 0.15) is 0 Å². The Morgan fingerprint density at radius 3 is 2.65 bits per heavy atom. The summed E-state index contributed by atoms with van der Waals surface area (Å²) < 4.78 is 4.68. The first-order valence-corrected chi connectivity index (χ1v) is 7.35. The topological polar surface area (TPSA) is 38.3 Å². The molecule has 1 saturated heterocycles. The fourth-order valence-electron chi connectivity index (χ4n) is 2.57. The number of piperidine rings is 1. The molecule has 0 aromatic heterocycles. The van der Waals surface area contributed by atoms with E-state index in [0.29, 0.717) is 5.56 Å². The van der Waals surface area contributed by atoms with E-state index in [9.17, 15) is 4.79 Å². The molecule has 1 N–H and O–H groups in total. The lowest BCUT2D eigenvalue weighted by atomic mass is 9.93. The number of ether oxygens (including phenoxy) is 1. The van der Waals surface area contributed by atoms with Crippen LogP contribution in [0.1, 0.15) is 41.6 Å². The van der Waals surface area contributed by atoms with Gasteiger partial charge in [-0.05, 0) is 62.4 Å². The first-order chi connectivity index (χ1) is 9.79. The molecule has 20 heavy (non-hydrogen) atoms. The molecule has 1 aromatic carbocycles. The molecule has 1 heterocycles. The van der Waals surface area contributed by atoms with Crippen LogP contribution in [-0.2, 0) is 4.74 Å². The summed E-state index contributed by atoms with van der Waals surface area (Å²) in [6.45, 7) is 2.34. The maximum absolute atomic E-state index is 11.3. The fourth-order valence-corrected chi connectivity index (χ4v) is 2.57. The minimum atomic E-state index is -0.286. The number of carbonyl (C=O) groups is 1. The number of benzene rings is 1. The molecule has 0 radical (unpaired) electrons. The molecular formula is C17H23NO2. The summed E-state index contributed by atoms with van der Waals surface area (Å²) in [7, 11) is 1.40. The molecule has 0 aliphatic carbocycles. The molecule has 1 fully saturated rings. The van der Waals surface area contributed by atoms with Crippen molar-refractivity contribution < 1.29 is 9.53 Å². The predicted octanol–water partition coefficient (Wildman–Crippen LogP) is 3.27. The van der Waals surface area contributed by atoms with E-state index in [1.165, 1.54) is 39.5 Å². The van der Waals surface area contributed by atoms with Crippen molar-refractivity contribution in [2.24, 2.45) is 5.92 Å². The second-order valence-electron chi connectivity index (χ2n) is 5.29. The van der Waals surface area contributed by atoms with Crippen molar-refractivity contribution in [3.05, 3.63) is 41.5 Å². The van der Waals surface area contributed by atoms with Gasteiger partial charge in [-0.25, -0.2) is 4.79 Å². The summed E-state index contributed by atoms with van der Waals surface area (Å²) in [6, 6.07) is 7.51. The minimum Gasteiger partial charge on any atom is -0.465 e. The van der Waals surface area contributed by atoms with E-state index in [4.69, 9.17) is 0 Å². The van der Waals surface area contributed by atoms with Crippen LogP contribution < -0.4 is 5.32 Å². The molecule has 3 nitrogen and oxygen atoms in total. The van der Waals surface area contributed by atoms with E-state index < -0.39 is 0 Å². The summed E-state index contributed by atoms with van der Waals surface area (Å²) in [5.74, 6) is 0.592. The van der Waals surface area contributed by atoms with Crippen molar-refractivity contribution in [3.8, 4) is 0 Å².